The average Bonchev–Trinajstić information content (AvgIpc) is 2.47. The molecule has 0 radical (unpaired) electrons. The number of hydrogen-bond donors (Lipinski definition) is 0. The minimum absolute atomic E-state index is 0.758. The van der Waals surface area contributed by atoms with Crippen molar-refractivity contribution in [3.8, 4) is 5.82 Å². The van der Waals surface area contributed by atoms with Crippen LogP contribution in [0.2, 0.25) is 0 Å². The molecule has 0 aliphatic rings. The standard InChI is InChI=1S/C9H10N4/c1-7-5-8(2)13(12-7)9-6-10-3-4-11-9/h3-6H,1-2H3. The summed E-state index contributed by atoms with van der Waals surface area (Å²) in [6, 6.07) is 2.01. The van der Waals surface area contributed by atoms with Gasteiger partial charge in [0.15, 0.2) is 5.82 Å². The minimum Gasteiger partial charge on any atom is -0.259 e. The van der Waals surface area contributed by atoms with Gasteiger partial charge in [0.25, 0.3) is 0 Å². The van der Waals surface area contributed by atoms with Gasteiger partial charge in [0.05, 0.1) is 11.9 Å². The summed E-state index contributed by atoms with van der Waals surface area (Å²) < 4.78 is 1.78. The maximum absolute atomic E-state index is 4.29. The molecule has 0 aliphatic heterocycles. The highest BCUT2D eigenvalue weighted by molar-refractivity contribution is 5.21. The van der Waals surface area contributed by atoms with Crippen molar-refractivity contribution in [2.24, 2.45) is 0 Å². The maximum Gasteiger partial charge on any atom is 0.172 e. The normalized spacial score (nSPS) is 10.3. The first-order chi connectivity index (χ1) is 6.27. The van der Waals surface area contributed by atoms with E-state index in [4.69, 9.17) is 0 Å². The fourth-order valence-corrected chi connectivity index (χ4v) is 1.26. The van der Waals surface area contributed by atoms with Gasteiger partial charge >= 0.3 is 0 Å². The van der Waals surface area contributed by atoms with Crippen LogP contribution in [0.1, 0.15) is 11.4 Å². The van der Waals surface area contributed by atoms with Crippen molar-refractivity contribution >= 4 is 0 Å². The second-order valence-electron chi connectivity index (χ2n) is 2.90. The van der Waals surface area contributed by atoms with E-state index in [-0.39, 0.29) is 0 Å². The number of aromatic nitrogens is 4. The lowest BCUT2D eigenvalue weighted by molar-refractivity contribution is 0.799. The van der Waals surface area contributed by atoms with E-state index in [2.05, 4.69) is 15.1 Å². The maximum atomic E-state index is 4.29. The van der Waals surface area contributed by atoms with E-state index in [1.54, 1.807) is 23.3 Å². The molecule has 4 heteroatoms. The summed E-state index contributed by atoms with van der Waals surface area (Å²) >= 11 is 0. The highest BCUT2D eigenvalue weighted by Gasteiger charge is 2.03. The summed E-state index contributed by atoms with van der Waals surface area (Å²) in [6.07, 6.45) is 5.00. The Balaban J connectivity index is 2.53. The first-order valence-corrected chi connectivity index (χ1v) is 4.07. The van der Waals surface area contributed by atoms with Crippen molar-refractivity contribution < 1.29 is 0 Å². The Bertz CT molecular complexity index is 405. The van der Waals surface area contributed by atoms with E-state index in [1.807, 2.05) is 19.9 Å². The van der Waals surface area contributed by atoms with Crippen LogP contribution >= 0.6 is 0 Å². The van der Waals surface area contributed by atoms with Gasteiger partial charge in [0.2, 0.25) is 0 Å². The second kappa shape index (κ2) is 2.97. The molecule has 0 amide bonds. The fourth-order valence-electron chi connectivity index (χ4n) is 1.26. The summed E-state index contributed by atoms with van der Waals surface area (Å²) in [5.41, 5.74) is 2.06. The van der Waals surface area contributed by atoms with Crippen molar-refractivity contribution in [1.29, 1.82) is 0 Å². The molecule has 66 valence electrons. The third-order valence-corrected chi connectivity index (χ3v) is 1.78. The van der Waals surface area contributed by atoms with Gasteiger partial charge in [0, 0.05) is 18.1 Å². The Labute approximate surface area is 76.3 Å². The molecule has 2 rings (SSSR count). The third kappa shape index (κ3) is 1.42. The van der Waals surface area contributed by atoms with Crippen LogP contribution < -0.4 is 0 Å². The molecule has 0 aromatic carbocycles. The Hall–Kier alpha value is -1.71. The van der Waals surface area contributed by atoms with Gasteiger partial charge in [-0.25, -0.2) is 9.67 Å². The lowest BCUT2D eigenvalue weighted by Crippen LogP contribution is -2.01. The van der Waals surface area contributed by atoms with Crippen molar-refractivity contribution in [2.45, 2.75) is 13.8 Å². The minimum atomic E-state index is 0.758. The number of nitrogens with zero attached hydrogens (tertiary/aromatic N) is 4. The first kappa shape index (κ1) is 7.91. The van der Waals surface area contributed by atoms with E-state index in [1.165, 1.54) is 0 Å². The van der Waals surface area contributed by atoms with Crippen LogP contribution in [-0.4, -0.2) is 19.7 Å². The highest BCUT2D eigenvalue weighted by Crippen LogP contribution is 2.07. The molecule has 0 atom stereocenters. The zero-order valence-electron chi connectivity index (χ0n) is 7.60. The molecule has 0 bridgehead atoms. The number of rotatable bonds is 1. The Morgan fingerprint density at radius 1 is 1.23 bits per heavy atom. The van der Waals surface area contributed by atoms with Gasteiger partial charge in [0.1, 0.15) is 0 Å². The van der Waals surface area contributed by atoms with Crippen molar-refractivity contribution in [2.75, 3.05) is 0 Å². The molecule has 0 fully saturated rings. The van der Waals surface area contributed by atoms with E-state index >= 15 is 0 Å². The van der Waals surface area contributed by atoms with Crippen LogP contribution in [0.4, 0.5) is 0 Å². The molecule has 0 saturated heterocycles. The summed E-state index contributed by atoms with van der Waals surface area (Å²) in [7, 11) is 0. The molecular weight excluding hydrogens is 164 g/mol. The summed E-state index contributed by atoms with van der Waals surface area (Å²) in [5.74, 6) is 0.758. The Kier molecular flexibility index (Phi) is 1.81. The summed E-state index contributed by atoms with van der Waals surface area (Å²) in [6.45, 7) is 3.95. The fraction of sp³-hybridized carbons (Fsp3) is 0.222. The van der Waals surface area contributed by atoms with Gasteiger partial charge in [-0.1, -0.05) is 0 Å². The third-order valence-electron chi connectivity index (χ3n) is 1.78. The molecule has 2 aromatic heterocycles. The average molecular weight is 174 g/mol. The zero-order valence-corrected chi connectivity index (χ0v) is 7.60. The SMILES string of the molecule is Cc1cc(C)n(-c2cnccn2)n1. The predicted molar refractivity (Wildman–Crippen MR) is 48.6 cm³/mol. The Morgan fingerprint density at radius 2 is 2.08 bits per heavy atom. The zero-order chi connectivity index (χ0) is 9.26. The second-order valence-corrected chi connectivity index (χ2v) is 2.90. The van der Waals surface area contributed by atoms with Gasteiger partial charge in [-0.15, -0.1) is 0 Å². The predicted octanol–water partition coefficient (Wildman–Crippen LogP) is 1.28. The molecule has 0 unspecified atom stereocenters. The van der Waals surface area contributed by atoms with E-state index in [0.29, 0.717) is 0 Å². The summed E-state index contributed by atoms with van der Waals surface area (Å²) in [4.78, 5) is 8.15. The molecule has 0 aliphatic carbocycles. The van der Waals surface area contributed by atoms with Crippen LogP contribution in [-0.2, 0) is 0 Å². The van der Waals surface area contributed by atoms with Crippen LogP contribution in [0.5, 0.6) is 0 Å². The number of hydrogen-bond acceptors (Lipinski definition) is 3. The molecule has 0 saturated carbocycles. The van der Waals surface area contributed by atoms with Gasteiger partial charge in [-0.2, -0.15) is 5.10 Å². The molecule has 4 nitrogen and oxygen atoms in total. The van der Waals surface area contributed by atoms with Crippen LogP contribution in [0.25, 0.3) is 5.82 Å². The van der Waals surface area contributed by atoms with Gasteiger partial charge in [-0.3, -0.25) is 4.98 Å². The van der Waals surface area contributed by atoms with Crippen molar-refractivity contribution in [3.63, 3.8) is 0 Å². The Morgan fingerprint density at radius 3 is 2.62 bits per heavy atom. The highest BCUT2D eigenvalue weighted by atomic mass is 15.3. The molecule has 13 heavy (non-hydrogen) atoms. The molecule has 0 N–H and O–H groups in total. The smallest absolute Gasteiger partial charge is 0.172 e. The molecule has 2 heterocycles. The lowest BCUT2D eigenvalue weighted by Gasteiger charge is -2.00. The van der Waals surface area contributed by atoms with Gasteiger partial charge in [-0.05, 0) is 19.9 Å². The quantitative estimate of drug-likeness (QED) is 0.654. The van der Waals surface area contributed by atoms with E-state index in [9.17, 15) is 0 Å². The van der Waals surface area contributed by atoms with Crippen LogP contribution in [0.15, 0.2) is 24.7 Å². The topological polar surface area (TPSA) is 43.6 Å². The molecular formula is C9H10N4. The van der Waals surface area contributed by atoms with Crippen molar-refractivity contribution in [1.82, 2.24) is 19.7 Å². The summed E-state index contributed by atoms with van der Waals surface area (Å²) in [5, 5.41) is 4.29. The van der Waals surface area contributed by atoms with E-state index in [0.717, 1.165) is 17.2 Å². The van der Waals surface area contributed by atoms with E-state index < -0.39 is 0 Å². The first-order valence-electron chi connectivity index (χ1n) is 4.07. The van der Waals surface area contributed by atoms with Crippen LogP contribution in [0.3, 0.4) is 0 Å². The van der Waals surface area contributed by atoms with Crippen LogP contribution in [0, 0.1) is 13.8 Å². The monoisotopic (exact) mass is 174 g/mol. The largest absolute Gasteiger partial charge is 0.259 e. The molecule has 0 spiro atoms. The lowest BCUT2D eigenvalue weighted by atomic mass is 10.4. The van der Waals surface area contributed by atoms with Gasteiger partial charge < -0.3 is 0 Å². The van der Waals surface area contributed by atoms with Crippen molar-refractivity contribution in [3.05, 3.63) is 36.0 Å². The molecule has 2 aromatic rings. The number of aryl methyl sites for hydroxylation is 2.